The largest absolute Gasteiger partial charge is 0.414 e. The van der Waals surface area contributed by atoms with Crippen molar-refractivity contribution in [3.63, 3.8) is 0 Å². The molecule has 11 heteroatoms. The molecular formula is C23H37IN6O3Si. The SMILES string of the molecule is CC(C)=NOC1C[C@H](n2cc(I)c3c(N=CN(C)C)ncnc32)O[C@@H]1CO[Si](C)(C)C(C)(C)C. The van der Waals surface area contributed by atoms with Crippen molar-refractivity contribution in [3.05, 3.63) is 16.1 Å². The van der Waals surface area contributed by atoms with Gasteiger partial charge in [-0.25, -0.2) is 15.0 Å². The molecule has 0 amide bonds. The number of hydrogen-bond acceptors (Lipinski definition) is 7. The Morgan fingerprint density at radius 3 is 2.65 bits per heavy atom. The van der Waals surface area contributed by atoms with Gasteiger partial charge in [0.05, 0.1) is 24.0 Å². The Balaban J connectivity index is 1.90. The molecule has 0 aromatic carbocycles. The molecular weight excluding hydrogens is 563 g/mol. The summed E-state index contributed by atoms with van der Waals surface area (Å²) in [7, 11) is 1.92. The quantitative estimate of drug-likeness (QED) is 0.134. The molecule has 3 atom stereocenters. The van der Waals surface area contributed by atoms with E-state index in [1.807, 2.05) is 39.0 Å². The van der Waals surface area contributed by atoms with Crippen molar-refractivity contribution in [2.24, 2.45) is 10.1 Å². The highest BCUT2D eigenvalue weighted by atomic mass is 127. The van der Waals surface area contributed by atoms with Crippen LogP contribution in [0.1, 0.15) is 47.3 Å². The van der Waals surface area contributed by atoms with E-state index in [9.17, 15) is 0 Å². The van der Waals surface area contributed by atoms with E-state index in [0.717, 1.165) is 20.3 Å². The molecule has 188 valence electrons. The van der Waals surface area contributed by atoms with Gasteiger partial charge in [-0.3, -0.25) is 0 Å². The third-order valence-electron chi connectivity index (χ3n) is 6.23. The van der Waals surface area contributed by atoms with Crippen LogP contribution in [0.3, 0.4) is 0 Å². The molecule has 3 heterocycles. The van der Waals surface area contributed by atoms with Gasteiger partial charge in [0.25, 0.3) is 0 Å². The maximum absolute atomic E-state index is 6.52. The lowest BCUT2D eigenvalue weighted by molar-refractivity contribution is -0.0571. The van der Waals surface area contributed by atoms with E-state index >= 15 is 0 Å². The summed E-state index contributed by atoms with van der Waals surface area (Å²) in [5.41, 5.74) is 1.65. The van der Waals surface area contributed by atoms with Gasteiger partial charge < -0.3 is 23.5 Å². The fourth-order valence-corrected chi connectivity index (χ4v) is 5.12. The Bertz CT molecular complexity index is 1060. The van der Waals surface area contributed by atoms with Crippen LogP contribution in [0.5, 0.6) is 0 Å². The number of hydrogen-bond donors (Lipinski definition) is 0. The molecule has 0 aliphatic carbocycles. The highest BCUT2D eigenvalue weighted by Crippen LogP contribution is 2.40. The maximum Gasteiger partial charge on any atom is 0.192 e. The van der Waals surface area contributed by atoms with Crippen molar-refractivity contribution in [2.75, 3.05) is 20.7 Å². The number of aromatic nitrogens is 3. The predicted molar refractivity (Wildman–Crippen MR) is 147 cm³/mol. The van der Waals surface area contributed by atoms with Gasteiger partial charge in [0.1, 0.15) is 24.3 Å². The normalized spacial score (nSPS) is 21.4. The first-order chi connectivity index (χ1) is 15.8. The zero-order valence-corrected chi connectivity index (χ0v) is 24.8. The number of rotatable bonds is 8. The third kappa shape index (κ3) is 6.16. The average molecular weight is 601 g/mol. The topological polar surface area (TPSA) is 86.4 Å². The number of nitrogens with zero attached hydrogens (tertiary/aromatic N) is 6. The van der Waals surface area contributed by atoms with Crippen LogP contribution in [0.2, 0.25) is 18.1 Å². The molecule has 2 aromatic rings. The van der Waals surface area contributed by atoms with Crippen molar-refractivity contribution in [1.29, 1.82) is 0 Å². The molecule has 0 saturated carbocycles. The molecule has 9 nitrogen and oxygen atoms in total. The van der Waals surface area contributed by atoms with Crippen LogP contribution in [0, 0.1) is 3.57 Å². The zero-order valence-electron chi connectivity index (χ0n) is 21.7. The van der Waals surface area contributed by atoms with E-state index in [0.29, 0.717) is 18.8 Å². The summed E-state index contributed by atoms with van der Waals surface area (Å²) in [6, 6.07) is 0. The maximum atomic E-state index is 6.52. The Morgan fingerprint density at radius 1 is 1.32 bits per heavy atom. The first-order valence-electron chi connectivity index (χ1n) is 11.5. The van der Waals surface area contributed by atoms with E-state index in [2.05, 4.69) is 81.1 Å². The van der Waals surface area contributed by atoms with Gasteiger partial charge in [0.2, 0.25) is 0 Å². The fraction of sp³-hybridized carbons (Fsp3) is 0.652. The summed E-state index contributed by atoms with van der Waals surface area (Å²) < 4.78 is 16.1. The van der Waals surface area contributed by atoms with Gasteiger partial charge in [-0.2, -0.15) is 0 Å². The minimum Gasteiger partial charge on any atom is -0.414 e. The summed E-state index contributed by atoms with van der Waals surface area (Å²) in [5.74, 6) is 0.636. The number of oxime groups is 1. The van der Waals surface area contributed by atoms with Crippen LogP contribution in [0.4, 0.5) is 5.82 Å². The lowest BCUT2D eigenvalue weighted by Gasteiger charge is -2.37. The van der Waals surface area contributed by atoms with Crippen molar-refractivity contribution < 1.29 is 14.0 Å². The second-order valence-electron chi connectivity index (χ2n) is 10.6. The number of aliphatic imine (C=N–C) groups is 1. The molecule has 2 aromatic heterocycles. The van der Waals surface area contributed by atoms with Crippen LogP contribution >= 0.6 is 22.6 Å². The minimum atomic E-state index is -1.93. The summed E-state index contributed by atoms with van der Waals surface area (Å²) in [5, 5.41) is 5.26. The van der Waals surface area contributed by atoms with Crippen LogP contribution in [0.25, 0.3) is 11.0 Å². The van der Waals surface area contributed by atoms with E-state index < -0.39 is 8.32 Å². The van der Waals surface area contributed by atoms with Crippen molar-refractivity contribution >= 4 is 59.8 Å². The summed E-state index contributed by atoms with van der Waals surface area (Å²) >= 11 is 2.30. The van der Waals surface area contributed by atoms with E-state index in [4.69, 9.17) is 14.0 Å². The molecule has 3 rings (SSSR count). The fourth-order valence-electron chi connectivity index (χ4n) is 3.32. The Labute approximate surface area is 217 Å². The van der Waals surface area contributed by atoms with Crippen LogP contribution in [0.15, 0.2) is 22.7 Å². The highest BCUT2D eigenvalue weighted by Gasteiger charge is 2.43. The van der Waals surface area contributed by atoms with E-state index in [1.165, 1.54) is 0 Å². The van der Waals surface area contributed by atoms with Crippen molar-refractivity contribution in [2.45, 2.75) is 77.6 Å². The van der Waals surface area contributed by atoms with Gasteiger partial charge >= 0.3 is 0 Å². The molecule has 0 N–H and O–H groups in total. The Kier molecular flexibility index (Phi) is 8.41. The van der Waals surface area contributed by atoms with Crippen molar-refractivity contribution in [1.82, 2.24) is 19.4 Å². The molecule has 34 heavy (non-hydrogen) atoms. The molecule has 1 fully saturated rings. The summed E-state index contributed by atoms with van der Waals surface area (Å²) in [6.07, 6.45) is 5.27. The van der Waals surface area contributed by atoms with Crippen molar-refractivity contribution in [3.8, 4) is 0 Å². The molecule has 1 aliphatic rings. The molecule has 1 unspecified atom stereocenters. The van der Waals surface area contributed by atoms with Crippen LogP contribution in [-0.2, 0) is 14.0 Å². The molecule has 1 aliphatic heterocycles. The second-order valence-corrected chi connectivity index (χ2v) is 16.6. The molecule has 0 bridgehead atoms. The summed E-state index contributed by atoms with van der Waals surface area (Å²) in [6.45, 7) is 15.5. The minimum absolute atomic E-state index is 0.118. The first kappa shape index (κ1) is 27.0. The van der Waals surface area contributed by atoms with Gasteiger partial charge in [0.15, 0.2) is 20.2 Å². The number of fused-ring (bicyclic) bond motifs is 1. The molecule has 1 saturated heterocycles. The number of halogens is 1. The monoisotopic (exact) mass is 600 g/mol. The van der Waals surface area contributed by atoms with Crippen LogP contribution in [-0.4, -0.2) is 72.7 Å². The third-order valence-corrected chi connectivity index (χ3v) is 11.5. The van der Waals surface area contributed by atoms with Gasteiger partial charge in [-0.15, -0.1) is 0 Å². The lowest BCUT2D eigenvalue weighted by Crippen LogP contribution is -2.44. The van der Waals surface area contributed by atoms with E-state index in [-0.39, 0.29) is 23.5 Å². The number of ether oxygens (including phenoxy) is 1. The second kappa shape index (κ2) is 10.6. The molecule has 0 radical (unpaired) electrons. The smallest absolute Gasteiger partial charge is 0.192 e. The highest BCUT2D eigenvalue weighted by molar-refractivity contribution is 14.1. The average Bonchev–Trinajstić information content (AvgIpc) is 3.29. The predicted octanol–water partition coefficient (Wildman–Crippen LogP) is 5.35. The van der Waals surface area contributed by atoms with Gasteiger partial charge in [-0.05, 0) is 54.6 Å². The Hall–Kier alpha value is -1.57. The van der Waals surface area contributed by atoms with Crippen LogP contribution < -0.4 is 0 Å². The van der Waals surface area contributed by atoms with E-state index in [1.54, 1.807) is 12.7 Å². The Morgan fingerprint density at radius 2 is 2.03 bits per heavy atom. The lowest BCUT2D eigenvalue weighted by atomic mass is 10.2. The standard InChI is InChI=1S/C23H37IN6O3Si/c1-15(2)28-33-17-10-19(32-18(17)12-31-34(8,9)23(3,4)5)30-11-16(24)20-21(27-14-29(6)7)25-13-26-22(20)30/h11,13-14,17-19H,10,12H2,1-9H3/t17?,18-,19-/m1/s1. The zero-order chi connectivity index (χ0) is 25.3. The molecule has 0 spiro atoms. The summed E-state index contributed by atoms with van der Waals surface area (Å²) in [4.78, 5) is 21.3. The first-order valence-corrected chi connectivity index (χ1v) is 15.5. The van der Waals surface area contributed by atoms with Gasteiger partial charge in [-0.1, -0.05) is 25.9 Å². The van der Waals surface area contributed by atoms with Gasteiger partial charge in [0, 0.05) is 30.3 Å².